The van der Waals surface area contributed by atoms with E-state index in [-0.39, 0.29) is 23.0 Å². The van der Waals surface area contributed by atoms with Crippen molar-refractivity contribution in [3.8, 4) is 11.6 Å². The van der Waals surface area contributed by atoms with E-state index in [1.54, 1.807) is 37.3 Å². The number of nitrogens with one attached hydrogen (secondary N) is 2. The summed E-state index contributed by atoms with van der Waals surface area (Å²) in [5.41, 5.74) is -0.574. The predicted molar refractivity (Wildman–Crippen MR) is 121 cm³/mol. The van der Waals surface area contributed by atoms with Gasteiger partial charge in [-0.05, 0) is 50.2 Å². The van der Waals surface area contributed by atoms with E-state index in [9.17, 15) is 18.4 Å². The Kier molecular flexibility index (Phi) is 8.36. The molecule has 1 atom stereocenters. The van der Waals surface area contributed by atoms with Crippen molar-refractivity contribution in [1.82, 2.24) is 20.1 Å². The molecular formula is C22H22ClF2N5O4. The molecule has 2 N–H and O–H groups in total. The molecule has 2 amide bonds. The van der Waals surface area contributed by atoms with Crippen LogP contribution < -0.4 is 15.4 Å². The molecule has 0 spiro atoms. The van der Waals surface area contributed by atoms with Crippen LogP contribution >= 0.6 is 11.6 Å². The van der Waals surface area contributed by atoms with Crippen LogP contribution in [-0.4, -0.2) is 46.0 Å². The minimum Gasteiger partial charge on any atom is -0.494 e. The molecule has 0 saturated heterocycles. The Morgan fingerprint density at radius 3 is 2.59 bits per heavy atom. The first-order valence-corrected chi connectivity index (χ1v) is 10.6. The van der Waals surface area contributed by atoms with Crippen LogP contribution in [0.15, 0.2) is 48.8 Å². The second-order valence-electron chi connectivity index (χ2n) is 7.04. The summed E-state index contributed by atoms with van der Waals surface area (Å²) in [7, 11) is 0. The Hall–Kier alpha value is -3.73. The van der Waals surface area contributed by atoms with Gasteiger partial charge in [-0.1, -0.05) is 11.6 Å². The number of carbonyl (C=O) groups excluding carboxylic acids is 2. The highest BCUT2D eigenvalue weighted by Gasteiger charge is 2.25. The number of rotatable bonds is 9. The van der Waals surface area contributed by atoms with Crippen LogP contribution in [0.3, 0.4) is 0 Å². The highest BCUT2D eigenvalue weighted by Crippen LogP contribution is 2.24. The lowest BCUT2D eigenvalue weighted by Gasteiger charge is -2.14. The van der Waals surface area contributed by atoms with Gasteiger partial charge in [0.05, 0.1) is 23.2 Å². The molecule has 0 radical (unpaired) electrons. The standard InChI is InChI=1S/C22H22ClF2N5O4/c1-3-33-15-8-6-14(7-9-15)28-22(32)34-12-13(2)27-21(31)16-11-30(29-18(16)19(24)25)20-17(23)5-4-10-26-20/h4-11,13,19H,3,12H2,1-2H3,(H,27,31)(H,28,32)/t13-/m0/s1. The van der Waals surface area contributed by atoms with E-state index >= 15 is 0 Å². The molecule has 12 heteroatoms. The van der Waals surface area contributed by atoms with Crippen LogP contribution in [0.5, 0.6) is 5.75 Å². The van der Waals surface area contributed by atoms with Gasteiger partial charge >= 0.3 is 6.09 Å². The molecule has 3 rings (SSSR count). The molecule has 0 unspecified atom stereocenters. The number of pyridine rings is 1. The average Bonchev–Trinajstić information content (AvgIpc) is 3.25. The topological polar surface area (TPSA) is 107 Å². The third kappa shape index (κ3) is 6.41. The summed E-state index contributed by atoms with van der Waals surface area (Å²) in [6.45, 7) is 3.75. The van der Waals surface area contributed by atoms with E-state index in [1.807, 2.05) is 6.92 Å². The molecule has 9 nitrogen and oxygen atoms in total. The Labute approximate surface area is 199 Å². The SMILES string of the molecule is CCOc1ccc(NC(=O)OC[C@H](C)NC(=O)c2cn(-c3ncccc3Cl)nc2C(F)F)cc1. The van der Waals surface area contributed by atoms with Crippen molar-refractivity contribution < 1.29 is 27.8 Å². The summed E-state index contributed by atoms with van der Waals surface area (Å²) < 4.78 is 38.4. The van der Waals surface area contributed by atoms with Crippen molar-refractivity contribution in [3.05, 3.63) is 65.1 Å². The van der Waals surface area contributed by atoms with E-state index in [0.717, 1.165) is 10.9 Å². The number of benzene rings is 1. The molecule has 3 aromatic rings. The van der Waals surface area contributed by atoms with E-state index in [2.05, 4.69) is 20.7 Å². The third-order valence-corrected chi connectivity index (χ3v) is 4.70. The van der Waals surface area contributed by atoms with Gasteiger partial charge in [-0.2, -0.15) is 5.10 Å². The number of nitrogens with zero attached hydrogens (tertiary/aromatic N) is 3. The maximum atomic E-state index is 13.5. The number of amides is 2. The van der Waals surface area contributed by atoms with Crippen molar-refractivity contribution in [1.29, 1.82) is 0 Å². The Morgan fingerprint density at radius 2 is 1.94 bits per heavy atom. The molecule has 0 fully saturated rings. The number of alkyl halides is 2. The smallest absolute Gasteiger partial charge is 0.411 e. The molecule has 2 heterocycles. The van der Waals surface area contributed by atoms with Crippen molar-refractivity contribution in [2.45, 2.75) is 26.3 Å². The van der Waals surface area contributed by atoms with Crippen LogP contribution in [0.1, 0.15) is 36.3 Å². The number of hydrogen-bond donors (Lipinski definition) is 2. The Bertz CT molecular complexity index is 1140. The summed E-state index contributed by atoms with van der Waals surface area (Å²) in [5, 5.41) is 8.99. The minimum atomic E-state index is -3.00. The number of halogens is 3. The third-order valence-electron chi connectivity index (χ3n) is 4.40. The molecule has 180 valence electrons. The lowest BCUT2D eigenvalue weighted by molar-refractivity contribution is 0.0896. The van der Waals surface area contributed by atoms with Crippen molar-refractivity contribution in [3.63, 3.8) is 0 Å². The van der Waals surface area contributed by atoms with Gasteiger partial charge in [0.15, 0.2) is 5.82 Å². The number of hydrogen-bond acceptors (Lipinski definition) is 6. The van der Waals surface area contributed by atoms with E-state index < -0.39 is 30.2 Å². The van der Waals surface area contributed by atoms with Crippen LogP contribution in [0.25, 0.3) is 5.82 Å². The van der Waals surface area contributed by atoms with Crippen molar-refractivity contribution in [2.24, 2.45) is 0 Å². The molecule has 0 aliphatic carbocycles. The summed E-state index contributed by atoms with van der Waals surface area (Å²) >= 11 is 6.04. The van der Waals surface area contributed by atoms with Crippen LogP contribution in [0, 0.1) is 0 Å². The highest BCUT2D eigenvalue weighted by molar-refractivity contribution is 6.32. The normalized spacial score (nSPS) is 11.7. The molecular weight excluding hydrogens is 472 g/mol. The fourth-order valence-electron chi connectivity index (χ4n) is 2.88. The molecule has 2 aromatic heterocycles. The first-order chi connectivity index (χ1) is 16.3. The lowest BCUT2D eigenvalue weighted by Crippen LogP contribution is -2.37. The second kappa shape index (κ2) is 11.4. The fourth-order valence-corrected chi connectivity index (χ4v) is 3.08. The molecule has 0 aliphatic rings. The maximum absolute atomic E-state index is 13.5. The molecule has 0 saturated carbocycles. The largest absolute Gasteiger partial charge is 0.494 e. The summed E-state index contributed by atoms with van der Waals surface area (Å²) in [6, 6.07) is 9.10. The zero-order valence-corrected chi connectivity index (χ0v) is 19.1. The summed E-state index contributed by atoms with van der Waals surface area (Å²) in [5.74, 6) is -0.0429. The summed E-state index contributed by atoms with van der Waals surface area (Å²) in [6.07, 6.45) is -1.20. The van der Waals surface area contributed by atoms with Crippen LogP contribution in [0.4, 0.5) is 19.3 Å². The zero-order valence-electron chi connectivity index (χ0n) is 18.3. The van der Waals surface area contributed by atoms with Crippen LogP contribution in [-0.2, 0) is 4.74 Å². The van der Waals surface area contributed by atoms with Gasteiger partial charge in [-0.15, -0.1) is 0 Å². The van der Waals surface area contributed by atoms with Crippen molar-refractivity contribution >= 4 is 29.3 Å². The number of carbonyl (C=O) groups is 2. The van der Waals surface area contributed by atoms with Gasteiger partial charge in [-0.25, -0.2) is 23.2 Å². The van der Waals surface area contributed by atoms with Gasteiger partial charge in [0.1, 0.15) is 18.1 Å². The quantitative estimate of drug-likeness (QED) is 0.450. The number of anilines is 1. The van der Waals surface area contributed by atoms with Gasteiger partial charge in [-0.3, -0.25) is 10.1 Å². The summed E-state index contributed by atoms with van der Waals surface area (Å²) in [4.78, 5) is 28.6. The van der Waals surface area contributed by atoms with Gasteiger partial charge in [0, 0.05) is 18.1 Å². The van der Waals surface area contributed by atoms with Crippen molar-refractivity contribution in [2.75, 3.05) is 18.5 Å². The fraction of sp³-hybridized carbons (Fsp3) is 0.273. The van der Waals surface area contributed by atoms with E-state index in [4.69, 9.17) is 21.1 Å². The first-order valence-electron chi connectivity index (χ1n) is 10.2. The van der Waals surface area contributed by atoms with Gasteiger partial charge in [0.2, 0.25) is 0 Å². The highest BCUT2D eigenvalue weighted by atomic mass is 35.5. The van der Waals surface area contributed by atoms with Gasteiger partial charge < -0.3 is 14.8 Å². The number of ether oxygens (including phenoxy) is 2. The maximum Gasteiger partial charge on any atom is 0.411 e. The molecule has 0 bridgehead atoms. The minimum absolute atomic E-state index is 0.104. The monoisotopic (exact) mass is 493 g/mol. The lowest BCUT2D eigenvalue weighted by atomic mass is 10.2. The van der Waals surface area contributed by atoms with Gasteiger partial charge in [0.25, 0.3) is 12.3 Å². The first kappa shape index (κ1) is 24.9. The van der Waals surface area contributed by atoms with E-state index in [1.165, 1.54) is 12.3 Å². The Balaban J connectivity index is 1.58. The predicted octanol–water partition coefficient (Wildman–Crippen LogP) is 4.62. The number of aromatic nitrogens is 3. The van der Waals surface area contributed by atoms with Crippen LogP contribution in [0.2, 0.25) is 5.02 Å². The molecule has 0 aliphatic heterocycles. The molecule has 34 heavy (non-hydrogen) atoms. The average molecular weight is 494 g/mol. The second-order valence-corrected chi connectivity index (χ2v) is 7.44. The van der Waals surface area contributed by atoms with E-state index in [0.29, 0.717) is 18.0 Å². The zero-order chi connectivity index (χ0) is 24.7. The Morgan fingerprint density at radius 1 is 1.21 bits per heavy atom. The molecule has 1 aromatic carbocycles.